The van der Waals surface area contributed by atoms with E-state index in [2.05, 4.69) is 6.92 Å². The second kappa shape index (κ2) is 9.97. The summed E-state index contributed by atoms with van der Waals surface area (Å²) in [7, 11) is 0. The Kier molecular flexibility index (Phi) is 7.97. The molecule has 0 aromatic heterocycles. The molecule has 1 heterocycles. The maximum Gasteiger partial charge on any atom is 0.306 e. The first-order valence-corrected chi connectivity index (χ1v) is 9.70. The third kappa shape index (κ3) is 5.73. The molecule has 2 rings (SSSR count). The molecule has 2 aliphatic rings. The monoisotopic (exact) mass is 336 g/mol. The Hall–Kier alpha value is -1.16. The maximum atomic E-state index is 12.2. The van der Waals surface area contributed by atoms with Gasteiger partial charge in [-0.2, -0.15) is 0 Å². The molecule has 0 saturated heterocycles. The minimum Gasteiger partial charge on any atom is -0.458 e. The van der Waals surface area contributed by atoms with Gasteiger partial charge < -0.3 is 9.84 Å². The molecule has 0 aromatic rings. The summed E-state index contributed by atoms with van der Waals surface area (Å²) in [5.41, 5.74) is 0. The molecule has 0 bridgehead atoms. The van der Waals surface area contributed by atoms with Crippen LogP contribution in [0.4, 0.5) is 0 Å². The van der Waals surface area contributed by atoms with Gasteiger partial charge in [0, 0.05) is 24.7 Å². The smallest absolute Gasteiger partial charge is 0.306 e. The lowest BCUT2D eigenvalue weighted by molar-refractivity contribution is -0.147. The highest BCUT2D eigenvalue weighted by molar-refractivity contribution is 5.84. The summed E-state index contributed by atoms with van der Waals surface area (Å²) in [5.74, 6) is -0.124. The van der Waals surface area contributed by atoms with Crippen LogP contribution in [-0.2, 0) is 14.3 Å². The number of fused-ring (bicyclic) bond motifs is 1. The molecule has 0 spiro atoms. The average Bonchev–Trinajstić information content (AvgIpc) is 2.81. The Morgan fingerprint density at radius 3 is 2.71 bits per heavy atom. The quantitative estimate of drug-likeness (QED) is 0.479. The molecule has 1 fully saturated rings. The molecular formula is C20H32O4. The van der Waals surface area contributed by atoms with Gasteiger partial charge in [-0.05, 0) is 31.8 Å². The van der Waals surface area contributed by atoms with E-state index >= 15 is 0 Å². The summed E-state index contributed by atoms with van der Waals surface area (Å²) in [6.45, 7) is 2.15. The van der Waals surface area contributed by atoms with E-state index in [-0.39, 0.29) is 36.1 Å². The summed E-state index contributed by atoms with van der Waals surface area (Å²) in [6.07, 6.45) is 12.6. The fourth-order valence-corrected chi connectivity index (χ4v) is 3.85. The summed E-state index contributed by atoms with van der Waals surface area (Å²) < 4.78 is 5.63. The number of aliphatic hydroxyl groups excluding tert-OH is 1. The third-order valence-electron chi connectivity index (χ3n) is 5.30. The Bertz CT molecular complexity index is 443. The van der Waals surface area contributed by atoms with Gasteiger partial charge in [0.2, 0.25) is 0 Å². The van der Waals surface area contributed by atoms with Crippen LogP contribution in [0.3, 0.4) is 0 Å². The van der Waals surface area contributed by atoms with E-state index in [4.69, 9.17) is 4.74 Å². The Morgan fingerprint density at radius 1 is 1.12 bits per heavy atom. The van der Waals surface area contributed by atoms with Crippen molar-refractivity contribution in [2.75, 3.05) is 0 Å². The number of rotatable bonds is 4. The van der Waals surface area contributed by atoms with Crippen molar-refractivity contribution in [1.82, 2.24) is 0 Å². The van der Waals surface area contributed by atoms with E-state index in [1.54, 1.807) is 0 Å². The van der Waals surface area contributed by atoms with Gasteiger partial charge in [0.05, 0.1) is 6.10 Å². The lowest BCUT2D eigenvalue weighted by atomic mass is 9.88. The Labute approximate surface area is 145 Å². The van der Waals surface area contributed by atoms with Crippen LogP contribution >= 0.6 is 0 Å². The van der Waals surface area contributed by atoms with E-state index in [0.29, 0.717) is 6.42 Å². The van der Waals surface area contributed by atoms with Crippen molar-refractivity contribution in [1.29, 1.82) is 0 Å². The molecule has 0 aromatic carbocycles. The van der Waals surface area contributed by atoms with Crippen molar-refractivity contribution in [2.24, 2.45) is 11.8 Å². The zero-order valence-electron chi connectivity index (χ0n) is 14.9. The van der Waals surface area contributed by atoms with Crippen LogP contribution in [0, 0.1) is 11.8 Å². The first-order chi connectivity index (χ1) is 11.6. The number of hydrogen-bond donors (Lipinski definition) is 1. The number of aliphatic hydroxyl groups is 1. The van der Waals surface area contributed by atoms with Crippen LogP contribution < -0.4 is 0 Å². The third-order valence-corrected chi connectivity index (χ3v) is 5.30. The fraction of sp³-hybridized carbons (Fsp3) is 0.800. The predicted molar refractivity (Wildman–Crippen MR) is 93.5 cm³/mol. The second-order valence-corrected chi connectivity index (χ2v) is 7.28. The Balaban J connectivity index is 2.08. The topological polar surface area (TPSA) is 63.6 Å². The standard InChI is InChI=1S/C20H32O4/c1-2-3-6-9-15-12-13-17-16(18(21)14-19(17)22)10-7-4-5-8-11-20(23)24-15/h12-13,15-17,19,22H,2-11,14H2,1H3/t15-,16-,17?,19-/m1/s1. The van der Waals surface area contributed by atoms with Gasteiger partial charge in [0.25, 0.3) is 0 Å². The lowest BCUT2D eigenvalue weighted by Crippen LogP contribution is -2.20. The second-order valence-electron chi connectivity index (χ2n) is 7.28. The molecule has 1 saturated carbocycles. The molecule has 1 N–H and O–H groups in total. The van der Waals surface area contributed by atoms with E-state index in [1.165, 1.54) is 0 Å². The van der Waals surface area contributed by atoms with Crippen molar-refractivity contribution in [3.8, 4) is 0 Å². The molecular weight excluding hydrogens is 304 g/mol. The molecule has 1 aliphatic heterocycles. The number of unbranched alkanes of at least 4 members (excludes halogenated alkanes) is 2. The summed E-state index contributed by atoms with van der Waals surface area (Å²) in [5, 5.41) is 10.2. The minimum absolute atomic E-state index is 0.0657. The fourth-order valence-electron chi connectivity index (χ4n) is 3.85. The minimum atomic E-state index is -0.587. The van der Waals surface area contributed by atoms with Gasteiger partial charge in [0.1, 0.15) is 11.9 Å². The van der Waals surface area contributed by atoms with E-state index in [0.717, 1.165) is 57.8 Å². The van der Waals surface area contributed by atoms with Crippen LogP contribution in [0.5, 0.6) is 0 Å². The van der Waals surface area contributed by atoms with Gasteiger partial charge in [0.15, 0.2) is 0 Å². The van der Waals surface area contributed by atoms with Gasteiger partial charge in [-0.15, -0.1) is 0 Å². The summed E-state index contributed by atoms with van der Waals surface area (Å²) >= 11 is 0. The highest BCUT2D eigenvalue weighted by Gasteiger charge is 2.39. The average molecular weight is 336 g/mol. The molecule has 136 valence electrons. The van der Waals surface area contributed by atoms with Crippen LogP contribution in [0.25, 0.3) is 0 Å². The molecule has 1 unspecified atom stereocenters. The lowest BCUT2D eigenvalue weighted by Gasteiger charge is -2.19. The van der Waals surface area contributed by atoms with E-state index < -0.39 is 6.10 Å². The largest absolute Gasteiger partial charge is 0.458 e. The normalized spacial score (nSPS) is 32.4. The van der Waals surface area contributed by atoms with Crippen molar-refractivity contribution < 1.29 is 19.4 Å². The van der Waals surface area contributed by atoms with Crippen molar-refractivity contribution in [3.05, 3.63) is 12.2 Å². The summed E-state index contributed by atoms with van der Waals surface area (Å²) in [6, 6.07) is 0. The van der Waals surface area contributed by atoms with Crippen LogP contribution in [0.1, 0.15) is 77.6 Å². The molecule has 4 nitrogen and oxygen atoms in total. The number of hydrogen-bond acceptors (Lipinski definition) is 4. The number of ketones is 1. The van der Waals surface area contributed by atoms with Gasteiger partial charge >= 0.3 is 5.97 Å². The molecule has 0 radical (unpaired) electrons. The Morgan fingerprint density at radius 2 is 1.92 bits per heavy atom. The first-order valence-electron chi connectivity index (χ1n) is 9.70. The van der Waals surface area contributed by atoms with Gasteiger partial charge in [-0.3, -0.25) is 9.59 Å². The summed E-state index contributed by atoms with van der Waals surface area (Å²) in [4.78, 5) is 24.2. The zero-order valence-corrected chi connectivity index (χ0v) is 14.9. The molecule has 1 aliphatic carbocycles. The van der Waals surface area contributed by atoms with Crippen LogP contribution in [0.2, 0.25) is 0 Å². The van der Waals surface area contributed by atoms with Crippen molar-refractivity contribution in [3.63, 3.8) is 0 Å². The highest BCUT2D eigenvalue weighted by atomic mass is 16.5. The first kappa shape index (κ1) is 19.2. The number of carbonyl (C=O) groups excluding carboxylic acids is 2. The van der Waals surface area contributed by atoms with Gasteiger partial charge in [-0.1, -0.05) is 45.1 Å². The SMILES string of the molecule is CCCCC[C@@H]1C=CC2[C@H](O)CC(=O)[C@@H]2CCCCCCC(=O)O1. The molecule has 0 amide bonds. The maximum absolute atomic E-state index is 12.2. The van der Waals surface area contributed by atoms with Crippen molar-refractivity contribution >= 4 is 11.8 Å². The number of carbonyl (C=O) groups is 2. The molecule has 24 heavy (non-hydrogen) atoms. The van der Waals surface area contributed by atoms with E-state index in [1.807, 2.05) is 12.2 Å². The van der Waals surface area contributed by atoms with Crippen molar-refractivity contribution in [2.45, 2.75) is 89.8 Å². The highest BCUT2D eigenvalue weighted by Crippen LogP contribution is 2.34. The predicted octanol–water partition coefficient (Wildman–Crippen LogP) is 3.96. The number of cyclic esters (lactones) is 1. The molecule has 4 atom stereocenters. The van der Waals surface area contributed by atoms with Crippen LogP contribution in [-0.4, -0.2) is 29.1 Å². The number of Topliss-reactive ketones (excluding diaryl/α,β-unsaturated/α-hetero) is 1. The molecule has 4 heteroatoms. The van der Waals surface area contributed by atoms with E-state index in [9.17, 15) is 14.7 Å². The number of ether oxygens (including phenoxy) is 1. The zero-order chi connectivity index (χ0) is 17.4. The number of esters is 1. The van der Waals surface area contributed by atoms with Crippen LogP contribution in [0.15, 0.2) is 12.2 Å². The van der Waals surface area contributed by atoms with Gasteiger partial charge in [-0.25, -0.2) is 0 Å².